The normalized spacial score (nSPS) is 11.2. The molecule has 1 heterocycles. The fraction of sp³-hybridized carbons (Fsp3) is 0.111. The van der Waals surface area contributed by atoms with Crippen LogP contribution in [-0.4, -0.2) is 31.0 Å². The van der Waals surface area contributed by atoms with E-state index in [1.54, 1.807) is 41.2 Å². The van der Waals surface area contributed by atoms with Crippen LogP contribution in [-0.2, 0) is 21.8 Å². The number of rotatable bonds is 6. The molecule has 0 aliphatic rings. The molecule has 0 atom stereocenters. The summed E-state index contributed by atoms with van der Waals surface area (Å²) in [5.74, 6) is -1.74. The van der Waals surface area contributed by atoms with Crippen LogP contribution in [0.1, 0.15) is 10.4 Å². The molecule has 1 aromatic heterocycles. The smallest absolute Gasteiger partial charge is 0.337 e. The first-order valence-corrected chi connectivity index (χ1v) is 10.3. The van der Waals surface area contributed by atoms with E-state index in [1.807, 2.05) is 7.05 Å². The Morgan fingerprint density at radius 2 is 2.00 bits per heavy atom. The fourth-order valence-corrected chi connectivity index (χ4v) is 4.48. The number of aryl methyl sites for hydroxylation is 1. The summed E-state index contributed by atoms with van der Waals surface area (Å²) < 4.78 is 48.5. The topological polar surface area (TPSA) is 90.3 Å². The van der Waals surface area contributed by atoms with Gasteiger partial charge in [0.25, 0.3) is 10.0 Å². The Kier molecular flexibility index (Phi) is 5.71. The van der Waals surface area contributed by atoms with Crippen molar-refractivity contribution >= 4 is 33.4 Å². The van der Waals surface area contributed by atoms with Crippen molar-refractivity contribution < 1.29 is 22.3 Å². The van der Waals surface area contributed by atoms with Crippen molar-refractivity contribution in [2.75, 3.05) is 11.8 Å². The van der Waals surface area contributed by atoms with Crippen molar-refractivity contribution in [3.8, 4) is 0 Å². The number of imidazole rings is 1. The number of esters is 1. The molecule has 0 spiro atoms. The van der Waals surface area contributed by atoms with E-state index in [-0.39, 0.29) is 11.3 Å². The number of methoxy groups -OCH3 is 1. The van der Waals surface area contributed by atoms with Crippen LogP contribution in [0, 0.1) is 5.82 Å². The third kappa shape index (κ3) is 4.18. The highest BCUT2D eigenvalue weighted by atomic mass is 32.2. The van der Waals surface area contributed by atoms with Gasteiger partial charge in [0.1, 0.15) is 10.7 Å². The Hall–Kier alpha value is -2.85. The van der Waals surface area contributed by atoms with E-state index in [2.05, 4.69) is 14.4 Å². The van der Waals surface area contributed by atoms with Gasteiger partial charge in [0.05, 0.1) is 18.4 Å². The molecule has 2 aromatic carbocycles. The van der Waals surface area contributed by atoms with Crippen molar-refractivity contribution in [2.45, 2.75) is 14.9 Å². The third-order valence-corrected chi connectivity index (χ3v) is 6.28. The van der Waals surface area contributed by atoms with Crippen LogP contribution in [0.5, 0.6) is 0 Å². The van der Waals surface area contributed by atoms with Gasteiger partial charge in [-0.3, -0.25) is 4.72 Å². The number of ether oxygens (including phenoxy) is 1. The molecule has 7 nitrogen and oxygen atoms in total. The largest absolute Gasteiger partial charge is 0.465 e. The van der Waals surface area contributed by atoms with Gasteiger partial charge in [0, 0.05) is 24.3 Å². The highest BCUT2D eigenvalue weighted by Gasteiger charge is 2.23. The lowest BCUT2D eigenvalue weighted by molar-refractivity contribution is 0.0600. The van der Waals surface area contributed by atoms with Crippen LogP contribution in [0.2, 0.25) is 0 Å². The Bertz CT molecular complexity index is 1130. The number of carbonyl (C=O) groups is 1. The average molecular weight is 421 g/mol. The summed E-state index contributed by atoms with van der Waals surface area (Å²) in [4.78, 5) is 15.8. The number of sulfonamides is 1. The molecule has 1 N–H and O–H groups in total. The zero-order valence-corrected chi connectivity index (χ0v) is 16.6. The molecule has 0 radical (unpaired) electrons. The number of benzene rings is 2. The summed E-state index contributed by atoms with van der Waals surface area (Å²) in [5, 5.41) is 0.658. The maximum Gasteiger partial charge on any atom is 0.337 e. The van der Waals surface area contributed by atoms with Crippen molar-refractivity contribution in [3.05, 3.63) is 66.2 Å². The molecule has 0 bridgehead atoms. The zero-order chi connectivity index (χ0) is 20.3. The molecular weight excluding hydrogens is 405 g/mol. The molecule has 0 saturated heterocycles. The number of carbonyl (C=O) groups excluding carboxylic acids is 1. The quantitative estimate of drug-likeness (QED) is 0.614. The number of para-hydroxylation sites is 1. The van der Waals surface area contributed by atoms with Crippen LogP contribution in [0.15, 0.2) is 69.8 Å². The molecule has 146 valence electrons. The first-order chi connectivity index (χ1) is 13.3. The summed E-state index contributed by atoms with van der Waals surface area (Å²) in [6.07, 6.45) is 3.39. The second-order valence-corrected chi connectivity index (χ2v) is 8.32. The summed E-state index contributed by atoms with van der Waals surface area (Å²) in [6, 6.07) is 9.70. The predicted octanol–water partition coefficient (Wildman–Crippen LogP) is 3.30. The summed E-state index contributed by atoms with van der Waals surface area (Å²) in [7, 11) is -1.32. The van der Waals surface area contributed by atoms with Gasteiger partial charge in [-0.1, -0.05) is 12.1 Å². The Balaban J connectivity index is 1.96. The molecule has 0 fully saturated rings. The first kappa shape index (κ1) is 19.9. The van der Waals surface area contributed by atoms with E-state index in [9.17, 15) is 17.6 Å². The number of nitrogens with one attached hydrogen (secondary N) is 1. The van der Waals surface area contributed by atoms with E-state index < -0.39 is 26.7 Å². The molecule has 0 aliphatic heterocycles. The molecule has 0 saturated carbocycles. The van der Waals surface area contributed by atoms with Crippen LogP contribution >= 0.6 is 11.8 Å². The number of anilines is 1. The number of halogens is 1. The van der Waals surface area contributed by atoms with E-state index in [0.29, 0.717) is 10.1 Å². The zero-order valence-electron chi connectivity index (χ0n) is 14.9. The highest BCUT2D eigenvalue weighted by Crippen LogP contribution is 2.33. The lowest BCUT2D eigenvalue weighted by atomic mass is 10.2. The van der Waals surface area contributed by atoms with Gasteiger partial charge in [-0.25, -0.2) is 22.6 Å². The van der Waals surface area contributed by atoms with Gasteiger partial charge in [0.2, 0.25) is 0 Å². The number of nitrogens with zero attached hydrogens (tertiary/aromatic N) is 2. The summed E-state index contributed by atoms with van der Waals surface area (Å²) in [5.41, 5.74) is 0.193. The van der Waals surface area contributed by atoms with Crippen LogP contribution < -0.4 is 4.72 Å². The molecule has 0 amide bonds. The first-order valence-electron chi connectivity index (χ1n) is 7.96. The van der Waals surface area contributed by atoms with Crippen molar-refractivity contribution in [2.24, 2.45) is 7.05 Å². The predicted molar refractivity (Wildman–Crippen MR) is 102 cm³/mol. The minimum atomic E-state index is -4.29. The molecule has 10 heteroatoms. The van der Waals surface area contributed by atoms with Crippen LogP contribution in [0.4, 0.5) is 10.1 Å². The lowest BCUT2D eigenvalue weighted by Gasteiger charge is -2.13. The van der Waals surface area contributed by atoms with Gasteiger partial charge >= 0.3 is 5.97 Å². The van der Waals surface area contributed by atoms with Crippen LogP contribution in [0.3, 0.4) is 0 Å². The second kappa shape index (κ2) is 8.03. The molecule has 0 unspecified atom stereocenters. The van der Waals surface area contributed by atoms with Gasteiger partial charge in [-0.05, 0) is 42.1 Å². The molecule has 3 rings (SSSR count). The number of hydrogen-bond acceptors (Lipinski definition) is 6. The fourth-order valence-electron chi connectivity index (χ4n) is 2.34. The maximum absolute atomic E-state index is 14.2. The standard InChI is InChI=1S/C18H16FN3O4S2/c1-22-10-9-20-18(22)27-15-6-4-3-5-14(15)21-28(24,25)16-11-12(17(23)26-2)7-8-13(16)19/h3-11,21H,1-2H3. The third-order valence-electron chi connectivity index (χ3n) is 3.75. The minimum Gasteiger partial charge on any atom is -0.465 e. The maximum atomic E-state index is 14.2. The van der Waals surface area contributed by atoms with Crippen molar-refractivity contribution in [3.63, 3.8) is 0 Å². The Morgan fingerprint density at radius 1 is 1.25 bits per heavy atom. The van der Waals surface area contributed by atoms with Gasteiger partial charge in [0.15, 0.2) is 5.16 Å². The summed E-state index contributed by atoms with van der Waals surface area (Å²) in [6.45, 7) is 0. The van der Waals surface area contributed by atoms with Crippen LogP contribution in [0.25, 0.3) is 0 Å². The SMILES string of the molecule is COC(=O)c1ccc(F)c(S(=O)(=O)Nc2ccccc2Sc2nccn2C)c1. The molecular formula is C18H16FN3O4S2. The van der Waals surface area contributed by atoms with E-state index in [4.69, 9.17) is 0 Å². The highest BCUT2D eigenvalue weighted by molar-refractivity contribution is 7.99. The number of aromatic nitrogens is 2. The molecule has 0 aliphatic carbocycles. The molecule has 28 heavy (non-hydrogen) atoms. The van der Waals surface area contributed by atoms with Gasteiger partial charge in [-0.15, -0.1) is 0 Å². The van der Waals surface area contributed by atoms with Gasteiger partial charge in [-0.2, -0.15) is 0 Å². The summed E-state index contributed by atoms with van der Waals surface area (Å²) >= 11 is 1.26. The average Bonchev–Trinajstić information content (AvgIpc) is 3.07. The van der Waals surface area contributed by atoms with Crippen molar-refractivity contribution in [1.82, 2.24) is 9.55 Å². The van der Waals surface area contributed by atoms with E-state index >= 15 is 0 Å². The van der Waals surface area contributed by atoms with E-state index in [1.165, 1.54) is 11.8 Å². The monoisotopic (exact) mass is 421 g/mol. The number of hydrogen-bond donors (Lipinski definition) is 1. The van der Waals surface area contributed by atoms with Crippen molar-refractivity contribution in [1.29, 1.82) is 0 Å². The minimum absolute atomic E-state index is 0.0695. The Morgan fingerprint density at radius 3 is 2.68 bits per heavy atom. The Labute approximate surface area is 165 Å². The second-order valence-electron chi connectivity index (χ2n) is 5.66. The van der Waals surface area contributed by atoms with Gasteiger partial charge < -0.3 is 9.30 Å². The van der Waals surface area contributed by atoms with E-state index in [0.717, 1.165) is 25.3 Å². The molecule has 3 aromatic rings. The lowest BCUT2D eigenvalue weighted by Crippen LogP contribution is -2.16.